The van der Waals surface area contributed by atoms with Gasteiger partial charge in [-0.25, -0.2) is 4.79 Å². The summed E-state index contributed by atoms with van der Waals surface area (Å²) in [5.41, 5.74) is 0. The minimum Gasteiger partial charge on any atom is -0.462 e. The van der Waals surface area contributed by atoms with Gasteiger partial charge in [0.1, 0.15) is 0 Å². The van der Waals surface area contributed by atoms with Gasteiger partial charge in [0.2, 0.25) is 0 Å². The average molecular weight is 251 g/mol. The Hall–Kier alpha value is -0.920. The summed E-state index contributed by atoms with van der Waals surface area (Å²) in [6, 6.07) is 0. The quantitative estimate of drug-likeness (QED) is 0.259. The van der Waals surface area contributed by atoms with Gasteiger partial charge in [-0.3, -0.25) is 4.55 Å². The lowest BCUT2D eigenvalue weighted by Crippen LogP contribution is -2.20. The summed E-state index contributed by atoms with van der Waals surface area (Å²) in [6.45, 7) is 4.67. The van der Waals surface area contributed by atoms with Crippen molar-refractivity contribution in [1.82, 2.24) is 5.32 Å². The number of rotatable bonds is 9. The smallest absolute Gasteiger partial charge is 0.330 e. The summed E-state index contributed by atoms with van der Waals surface area (Å²) >= 11 is 0. The first-order valence-corrected chi connectivity index (χ1v) is 6.51. The second-order valence-corrected chi connectivity index (χ2v) is 4.69. The summed E-state index contributed by atoms with van der Waals surface area (Å²) in [4.78, 5) is 10.6. The van der Waals surface area contributed by atoms with Crippen molar-refractivity contribution >= 4 is 16.1 Å². The average Bonchev–Trinajstić information content (AvgIpc) is 2.20. The predicted molar refractivity (Wildman–Crippen MR) is 59.7 cm³/mol. The van der Waals surface area contributed by atoms with E-state index < -0.39 is 16.1 Å². The zero-order valence-corrected chi connectivity index (χ0v) is 9.83. The van der Waals surface area contributed by atoms with E-state index in [4.69, 9.17) is 9.29 Å². The summed E-state index contributed by atoms with van der Waals surface area (Å²) in [7, 11) is -3.86. The van der Waals surface area contributed by atoms with Gasteiger partial charge in [0.25, 0.3) is 10.1 Å². The number of carbonyl (C=O) groups is 1. The number of carbonyl (C=O) groups excluding carboxylic acids is 1. The maximum Gasteiger partial charge on any atom is 0.330 e. The molecule has 0 heterocycles. The molecule has 0 radical (unpaired) electrons. The fourth-order valence-corrected chi connectivity index (χ4v) is 1.44. The SMILES string of the molecule is C=CC(=O)OCCCNCCCS(=O)(=O)O. The van der Waals surface area contributed by atoms with Crippen molar-refractivity contribution in [1.29, 1.82) is 0 Å². The van der Waals surface area contributed by atoms with Crippen molar-refractivity contribution in [2.45, 2.75) is 12.8 Å². The van der Waals surface area contributed by atoms with E-state index in [1.54, 1.807) is 0 Å². The molecule has 16 heavy (non-hydrogen) atoms. The molecule has 0 fully saturated rings. The maximum absolute atomic E-state index is 10.6. The van der Waals surface area contributed by atoms with Crippen LogP contribution in [0.1, 0.15) is 12.8 Å². The molecule has 0 aromatic rings. The highest BCUT2D eigenvalue weighted by Gasteiger charge is 2.02. The van der Waals surface area contributed by atoms with Crippen molar-refractivity contribution in [2.24, 2.45) is 0 Å². The highest BCUT2D eigenvalue weighted by Crippen LogP contribution is 1.87. The fraction of sp³-hybridized carbons (Fsp3) is 0.667. The molecule has 0 saturated heterocycles. The number of esters is 1. The van der Waals surface area contributed by atoms with E-state index >= 15 is 0 Å². The molecule has 0 aliphatic rings. The first kappa shape index (κ1) is 15.1. The summed E-state index contributed by atoms with van der Waals surface area (Å²) in [5.74, 6) is -0.697. The van der Waals surface area contributed by atoms with Crippen LogP contribution in [0.3, 0.4) is 0 Å². The van der Waals surface area contributed by atoms with Crippen LogP contribution in [0.15, 0.2) is 12.7 Å². The van der Waals surface area contributed by atoms with Crippen LogP contribution < -0.4 is 5.32 Å². The molecule has 0 bridgehead atoms. The first-order valence-electron chi connectivity index (χ1n) is 4.91. The summed E-state index contributed by atoms with van der Waals surface area (Å²) < 4.78 is 33.8. The highest BCUT2D eigenvalue weighted by molar-refractivity contribution is 7.85. The topological polar surface area (TPSA) is 92.7 Å². The molecule has 0 rings (SSSR count). The largest absolute Gasteiger partial charge is 0.462 e. The Morgan fingerprint density at radius 2 is 2.00 bits per heavy atom. The van der Waals surface area contributed by atoms with Crippen molar-refractivity contribution in [2.75, 3.05) is 25.4 Å². The van der Waals surface area contributed by atoms with Crippen LogP contribution >= 0.6 is 0 Å². The minimum absolute atomic E-state index is 0.245. The van der Waals surface area contributed by atoms with E-state index in [1.807, 2.05) is 0 Å². The molecule has 7 heteroatoms. The zero-order chi connectivity index (χ0) is 12.4. The van der Waals surface area contributed by atoms with E-state index in [0.717, 1.165) is 6.08 Å². The van der Waals surface area contributed by atoms with Gasteiger partial charge in [-0.05, 0) is 25.9 Å². The Bertz CT molecular complexity index is 312. The van der Waals surface area contributed by atoms with E-state index in [0.29, 0.717) is 32.5 Å². The molecule has 2 N–H and O–H groups in total. The summed E-state index contributed by atoms with van der Waals surface area (Å²) in [6.07, 6.45) is 2.09. The van der Waals surface area contributed by atoms with Crippen molar-refractivity contribution in [3.05, 3.63) is 12.7 Å². The lowest BCUT2D eigenvalue weighted by Gasteiger charge is -2.04. The fourth-order valence-electron chi connectivity index (χ4n) is 0.933. The van der Waals surface area contributed by atoms with Gasteiger partial charge >= 0.3 is 5.97 Å². The van der Waals surface area contributed by atoms with Crippen molar-refractivity contribution < 1.29 is 22.5 Å². The third-order valence-corrected chi connectivity index (χ3v) is 2.47. The summed E-state index contributed by atoms with van der Waals surface area (Å²) in [5, 5.41) is 2.96. The molecule has 0 spiro atoms. The normalized spacial score (nSPS) is 11.1. The van der Waals surface area contributed by atoms with Crippen LogP contribution in [0.4, 0.5) is 0 Å². The standard InChI is InChI=1S/C9H17NO5S/c1-2-9(11)15-7-3-5-10-6-4-8-16(12,13)14/h2,10H,1,3-8H2,(H,12,13,14). The molecule has 6 nitrogen and oxygen atoms in total. The van der Waals surface area contributed by atoms with Gasteiger partial charge in [-0.2, -0.15) is 8.42 Å². The van der Waals surface area contributed by atoms with E-state index in [2.05, 4.69) is 11.9 Å². The van der Waals surface area contributed by atoms with E-state index in [1.165, 1.54) is 0 Å². The number of hydrogen-bond donors (Lipinski definition) is 2. The van der Waals surface area contributed by atoms with Crippen LogP contribution in [0.25, 0.3) is 0 Å². The third-order valence-electron chi connectivity index (χ3n) is 1.66. The Morgan fingerprint density at radius 3 is 2.56 bits per heavy atom. The maximum atomic E-state index is 10.6. The molecule has 0 saturated carbocycles. The Morgan fingerprint density at radius 1 is 1.38 bits per heavy atom. The molecule has 0 unspecified atom stereocenters. The van der Waals surface area contributed by atoms with Crippen molar-refractivity contribution in [3.8, 4) is 0 Å². The molecular formula is C9H17NO5S. The van der Waals surface area contributed by atoms with Gasteiger partial charge in [0, 0.05) is 6.08 Å². The second kappa shape index (κ2) is 8.26. The lowest BCUT2D eigenvalue weighted by molar-refractivity contribution is -0.137. The monoisotopic (exact) mass is 251 g/mol. The molecule has 0 atom stereocenters. The van der Waals surface area contributed by atoms with Gasteiger partial charge in [0.05, 0.1) is 12.4 Å². The Labute approximate surface area is 95.4 Å². The van der Waals surface area contributed by atoms with Gasteiger partial charge in [0.15, 0.2) is 0 Å². The number of nitrogens with one attached hydrogen (secondary N) is 1. The second-order valence-electron chi connectivity index (χ2n) is 3.11. The zero-order valence-electron chi connectivity index (χ0n) is 9.02. The number of hydrogen-bond acceptors (Lipinski definition) is 5. The Balaban J connectivity index is 3.22. The van der Waals surface area contributed by atoms with Crippen LogP contribution in [-0.2, 0) is 19.6 Å². The first-order chi connectivity index (χ1) is 7.45. The van der Waals surface area contributed by atoms with Crippen molar-refractivity contribution in [3.63, 3.8) is 0 Å². The molecular weight excluding hydrogens is 234 g/mol. The van der Waals surface area contributed by atoms with Crippen LogP contribution in [0, 0.1) is 0 Å². The predicted octanol–water partition coefficient (Wildman–Crippen LogP) is -0.0268. The molecule has 0 amide bonds. The van der Waals surface area contributed by atoms with Crippen LogP contribution in [0.2, 0.25) is 0 Å². The van der Waals surface area contributed by atoms with Crippen LogP contribution in [-0.4, -0.2) is 44.4 Å². The molecule has 0 aromatic carbocycles. The lowest BCUT2D eigenvalue weighted by atomic mass is 10.4. The molecule has 0 aliphatic heterocycles. The molecule has 94 valence electrons. The van der Waals surface area contributed by atoms with E-state index in [-0.39, 0.29) is 5.75 Å². The Kier molecular flexibility index (Phi) is 7.78. The minimum atomic E-state index is -3.86. The third kappa shape index (κ3) is 11.2. The van der Waals surface area contributed by atoms with Crippen LogP contribution in [0.5, 0.6) is 0 Å². The van der Waals surface area contributed by atoms with Gasteiger partial charge in [-0.1, -0.05) is 6.58 Å². The highest BCUT2D eigenvalue weighted by atomic mass is 32.2. The molecule has 0 aliphatic carbocycles. The van der Waals surface area contributed by atoms with E-state index in [9.17, 15) is 13.2 Å². The number of ether oxygens (including phenoxy) is 1. The van der Waals surface area contributed by atoms with Gasteiger partial charge in [-0.15, -0.1) is 0 Å². The van der Waals surface area contributed by atoms with Gasteiger partial charge < -0.3 is 10.1 Å². The molecule has 0 aromatic heterocycles.